The summed E-state index contributed by atoms with van der Waals surface area (Å²) in [4.78, 5) is 6.03. The number of likely N-dealkylation sites (N-methyl/N-ethyl adjacent to an activating group) is 1. The predicted molar refractivity (Wildman–Crippen MR) is 75.8 cm³/mol. The van der Waals surface area contributed by atoms with Crippen molar-refractivity contribution in [2.75, 3.05) is 12.8 Å². The second kappa shape index (κ2) is 6.87. The SMILES string of the molecule is CNC(CSc1ccccc1F)Cc1cncs1. The van der Waals surface area contributed by atoms with Gasteiger partial charge in [0.25, 0.3) is 0 Å². The van der Waals surface area contributed by atoms with E-state index in [2.05, 4.69) is 10.3 Å². The van der Waals surface area contributed by atoms with E-state index in [0.717, 1.165) is 12.2 Å². The van der Waals surface area contributed by atoms with Gasteiger partial charge in [0, 0.05) is 27.8 Å². The number of thiazole rings is 1. The molecular weight excluding hydrogens is 267 g/mol. The molecule has 0 bridgehead atoms. The minimum atomic E-state index is -0.143. The normalized spacial score (nSPS) is 12.6. The quantitative estimate of drug-likeness (QED) is 0.824. The molecule has 2 nitrogen and oxygen atoms in total. The molecule has 1 heterocycles. The van der Waals surface area contributed by atoms with E-state index in [1.807, 2.05) is 30.9 Å². The first-order valence-corrected chi connectivity index (χ1v) is 7.58. The van der Waals surface area contributed by atoms with E-state index < -0.39 is 0 Å². The molecule has 0 amide bonds. The molecule has 2 rings (SSSR count). The topological polar surface area (TPSA) is 24.9 Å². The van der Waals surface area contributed by atoms with Gasteiger partial charge in [0.15, 0.2) is 0 Å². The zero-order valence-electron chi connectivity index (χ0n) is 10.1. The largest absolute Gasteiger partial charge is 0.316 e. The molecule has 1 unspecified atom stereocenters. The van der Waals surface area contributed by atoms with Crippen molar-refractivity contribution < 1.29 is 4.39 Å². The molecule has 0 fully saturated rings. The van der Waals surface area contributed by atoms with Crippen LogP contribution in [0.4, 0.5) is 4.39 Å². The van der Waals surface area contributed by atoms with Crippen LogP contribution < -0.4 is 5.32 Å². The summed E-state index contributed by atoms with van der Waals surface area (Å²) in [6.07, 6.45) is 2.82. The second-order valence-electron chi connectivity index (χ2n) is 3.90. The van der Waals surface area contributed by atoms with Gasteiger partial charge in [-0.15, -0.1) is 23.1 Å². The van der Waals surface area contributed by atoms with E-state index in [4.69, 9.17) is 0 Å². The van der Waals surface area contributed by atoms with Crippen molar-refractivity contribution in [2.24, 2.45) is 0 Å². The Kier molecular flexibility index (Phi) is 5.16. The van der Waals surface area contributed by atoms with Gasteiger partial charge in [-0.3, -0.25) is 4.98 Å². The summed E-state index contributed by atoms with van der Waals surface area (Å²) in [5.41, 5.74) is 1.84. The molecule has 0 aliphatic heterocycles. The van der Waals surface area contributed by atoms with Crippen LogP contribution in [-0.4, -0.2) is 23.8 Å². The van der Waals surface area contributed by atoms with Crippen LogP contribution in [0.5, 0.6) is 0 Å². The molecule has 0 saturated heterocycles. The molecule has 1 aromatic heterocycles. The zero-order chi connectivity index (χ0) is 12.8. The van der Waals surface area contributed by atoms with Crippen LogP contribution in [0.1, 0.15) is 4.88 Å². The van der Waals surface area contributed by atoms with Crippen LogP contribution in [0.2, 0.25) is 0 Å². The van der Waals surface area contributed by atoms with Gasteiger partial charge in [-0.25, -0.2) is 4.39 Å². The van der Waals surface area contributed by atoms with Crippen molar-refractivity contribution in [2.45, 2.75) is 17.4 Å². The van der Waals surface area contributed by atoms with E-state index in [-0.39, 0.29) is 5.82 Å². The van der Waals surface area contributed by atoms with Gasteiger partial charge in [-0.2, -0.15) is 0 Å². The van der Waals surface area contributed by atoms with Crippen LogP contribution >= 0.6 is 23.1 Å². The number of thioether (sulfide) groups is 1. The van der Waals surface area contributed by atoms with Gasteiger partial charge in [0.1, 0.15) is 5.82 Å². The fraction of sp³-hybridized carbons (Fsp3) is 0.308. The number of benzene rings is 1. The fourth-order valence-corrected chi connectivity index (χ4v) is 3.30. The molecular formula is C13H15FN2S2. The van der Waals surface area contributed by atoms with Crippen molar-refractivity contribution in [3.05, 3.63) is 46.7 Å². The Hall–Kier alpha value is -0.910. The summed E-state index contributed by atoms with van der Waals surface area (Å²) in [5, 5.41) is 3.27. The summed E-state index contributed by atoms with van der Waals surface area (Å²) in [6, 6.07) is 7.23. The number of aromatic nitrogens is 1. The van der Waals surface area contributed by atoms with Crippen molar-refractivity contribution >= 4 is 23.1 Å². The average Bonchev–Trinajstić information content (AvgIpc) is 2.89. The average molecular weight is 282 g/mol. The number of hydrogen-bond donors (Lipinski definition) is 1. The molecule has 0 radical (unpaired) electrons. The van der Waals surface area contributed by atoms with E-state index in [1.165, 1.54) is 10.9 Å². The first-order valence-electron chi connectivity index (χ1n) is 5.71. The zero-order valence-corrected chi connectivity index (χ0v) is 11.7. The second-order valence-corrected chi connectivity index (χ2v) is 5.93. The van der Waals surface area contributed by atoms with Crippen LogP contribution in [0.25, 0.3) is 0 Å². The van der Waals surface area contributed by atoms with E-state index in [9.17, 15) is 4.39 Å². The van der Waals surface area contributed by atoms with Crippen LogP contribution in [0.15, 0.2) is 40.9 Å². The highest BCUT2D eigenvalue weighted by molar-refractivity contribution is 7.99. The number of halogens is 1. The Morgan fingerprint density at radius 3 is 2.94 bits per heavy atom. The highest BCUT2D eigenvalue weighted by Crippen LogP contribution is 2.23. The van der Waals surface area contributed by atoms with Crippen molar-refractivity contribution in [1.82, 2.24) is 10.3 Å². The molecule has 18 heavy (non-hydrogen) atoms. The number of nitrogens with one attached hydrogen (secondary N) is 1. The third-order valence-corrected chi connectivity index (χ3v) is 4.63. The van der Waals surface area contributed by atoms with Crippen molar-refractivity contribution in [3.8, 4) is 0 Å². The van der Waals surface area contributed by atoms with Gasteiger partial charge in [0.05, 0.1) is 5.51 Å². The summed E-state index contributed by atoms with van der Waals surface area (Å²) >= 11 is 3.21. The van der Waals surface area contributed by atoms with Gasteiger partial charge >= 0.3 is 0 Å². The Labute approximate surface area is 115 Å². The van der Waals surface area contributed by atoms with Gasteiger partial charge < -0.3 is 5.32 Å². The maximum atomic E-state index is 13.5. The Morgan fingerprint density at radius 1 is 1.44 bits per heavy atom. The highest BCUT2D eigenvalue weighted by Gasteiger charge is 2.10. The lowest BCUT2D eigenvalue weighted by atomic mass is 10.2. The number of nitrogens with zero attached hydrogens (tertiary/aromatic N) is 1. The van der Waals surface area contributed by atoms with Gasteiger partial charge in [-0.1, -0.05) is 12.1 Å². The van der Waals surface area contributed by atoms with E-state index in [1.54, 1.807) is 29.2 Å². The number of rotatable bonds is 6. The Bertz CT molecular complexity index is 474. The molecule has 0 saturated carbocycles. The maximum absolute atomic E-state index is 13.5. The van der Waals surface area contributed by atoms with Crippen LogP contribution in [-0.2, 0) is 6.42 Å². The van der Waals surface area contributed by atoms with Crippen LogP contribution in [0, 0.1) is 5.82 Å². The molecule has 1 atom stereocenters. The van der Waals surface area contributed by atoms with Crippen molar-refractivity contribution in [3.63, 3.8) is 0 Å². The van der Waals surface area contributed by atoms with E-state index in [0.29, 0.717) is 10.9 Å². The first kappa shape index (κ1) is 13.5. The monoisotopic (exact) mass is 282 g/mol. The molecule has 2 aromatic rings. The lowest BCUT2D eigenvalue weighted by Crippen LogP contribution is -2.29. The molecule has 1 aromatic carbocycles. The maximum Gasteiger partial charge on any atom is 0.136 e. The predicted octanol–water partition coefficient (Wildman–Crippen LogP) is 3.21. The molecule has 0 spiro atoms. The summed E-state index contributed by atoms with van der Waals surface area (Å²) in [5.74, 6) is 0.699. The summed E-state index contributed by atoms with van der Waals surface area (Å²) < 4.78 is 13.5. The van der Waals surface area contributed by atoms with Gasteiger partial charge in [-0.05, 0) is 25.6 Å². The first-order chi connectivity index (χ1) is 8.79. The van der Waals surface area contributed by atoms with E-state index >= 15 is 0 Å². The minimum Gasteiger partial charge on any atom is -0.316 e. The standard InChI is InChI=1S/C13H15FN2S2/c1-15-10(6-11-7-16-9-18-11)8-17-13-5-3-2-4-12(13)14/h2-5,7,9-10,15H,6,8H2,1H3. The lowest BCUT2D eigenvalue weighted by molar-refractivity contribution is 0.598. The number of hydrogen-bond acceptors (Lipinski definition) is 4. The Morgan fingerprint density at radius 2 is 2.28 bits per heavy atom. The lowest BCUT2D eigenvalue weighted by Gasteiger charge is -2.14. The highest BCUT2D eigenvalue weighted by atomic mass is 32.2. The molecule has 96 valence electrons. The third kappa shape index (κ3) is 3.80. The van der Waals surface area contributed by atoms with Gasteiger partial charge in [0.2, 0.25) is 0 Å². The molecule has 0 aliphatic rings. The minimum absolute atomic E-state index is 0.143. The summed E-state index contributed by atoms with van der Waals surface area (Å²) in [6.45, 7) is 0. The third-order valence-electron chi connectivity index (χ3n) is 2.62. The van der Waals surface area contributed by atoms with Crippen molar-refractivity contribution in [1.29, 1.82) is 0 Å². The van der Waals surface area contributed by atoms with Crippen LogP contribution in [0.3, 0.4) is 0 Å². The molecule has 0 aliphatic carbocycles. The molecule has 1 N–H and O–H groups in total. The summed E-state index contributed by atoms with van der Waals surface area (Å²) in [7, 11) is 1.94. The molecule has 5 heteroatoms. The Balaban J connectivity index is 1.89. The smallest absolute Gasteiger partial charge is 0.136 e. The fourth-order valence-electron chi connectivity index (χ4n) is 1.58.